The Balaban J connectivity index is 1.87. The van der Waals surface area contributed by atoms with Gasteiger partial charge in [-0.15, -0.1) is 0 Å². The molecule has 0 saturated carbocycles. The number of aryl methyl sites for hydroxylation is 1. The number of ether oxygens (including phenoxy) is 2. The van der Waals surface area contributed by atoms with Crippen LogP contribution in [0, 0.1) is 6.92 Å². The number of para-hydroxylation sites is 1. The van der Waals surface area contributed by atoms with Gasteiger partial charge in [0.1, 0.15) is 22.8 Å². The van der Waals surface area contributed by atoms with Crippen molar-refractivity contribution in [1.29, 1.82) is 0 Å². The SMILES string of the molecule is COC(=O)c1c(C(=O)N2CCN(C(=O)c3ccccc3OC)C(C)C2)nc(C)nc1C(C)C. The number of hydrogen-bond acceptors (Lipinski definition) is 7. The second kappa shape index (κ2) is 9.97. The fraction of sp³-hybridized carbons (Fsp3) is 0.458. The molecule has 1 aromatic heterocycles. The minimum absolute atomic E-state index is 0.0368. The van der Waals surface area contributed by atoms with Crippen LogP contribution in [0.2, 0.25) is 0 Å². The first-order valence-corrected chi connectivity index (χ1v) is 10.9. The van der Waals surface area contributed by atoms with Gasteiger partial charge in [0.15, 0.2) is 0 Å². The lowest BCUT2D eigenvalue weighted by Crippen LogP contribution is -2.55. The molecule has 1 aliphatic heterocycles. The number of piperazine rings is 1. The summed E-state index contributed by atoms with van der Waals surface area (Å²) in [6, 6.07) is 6.83. The zero-order valence-corrected chi connectivity index (χ0v) is 19.9. The third-order valence-electron chi connectivity index (χ3n) is 5.70. The lowest BCUT2D eigenvalue weighted by molar-refractivity contribution is 0.0406. The molecule has 1 saturated heterocycles. The highest BCUT2D eigenvalue weighted by Gasteiger charge is 2.35. The zero-order valence-electron chi connectivity index (χ0n) is 19.9. The normalized spacial score (nSPS) is 16.0. The summed E-state index contributed by atoms with van der Waals surface area (Å²) in [5.74, 6) is -0.343. The monoisotopic (exact) mass is 454 g/mol. The molecule has 1 fully saturated rings. The summed E-state index contributed by atoms with van der Waals surface area (Å²) in [5, 5.41) is 0. The number of rotatable bonds is 5. The van der Waals surface area contributed by atoms with E-state index in [0.717, 1.165) is 0 Å². The van der Waals surface area contributed by atoms with Crippen molar-refractivity contribution >= 4 is 17.8 Å². The van der Waals surface area contributed by atoms with Crippen molar-refractivity contribution in [2.45, 2.75) is 39.7 Å². The van der Waals surface area contributed by atoms with E-state index in [4.69, 9.17) is 9.47 Å². The van der Waals surface area contributed by atoms with Crippen LogP contribution in [0.25, 0.3) is 0 Å². The maximum absolute atomic E-state index is 13.5. The fourth-order valence-electron chi connectivity index (χ4n) is 4.04. The second-order valence-corrected chi connectivity index (χ2v) is 8.32. The molecule has 1 atom stereocenters. The Kier molecular flexibility index (Phi) is 7.30. The van der Waals surface area contributed by atoms with Crippen molar-refractivity contribution in [3.8, 4) is 5.75 Å². The van der Waals surface area contributed by atoms with E-state index in [-0.39, 0.29) is 35.0 Å². The zero-order chi connectivity index (χ0) is 24.3. The smallest absolute Gasteiger partial charge is 0.342 e. The standard InChI is InChI=1S/C24H30N4O5/c1-14(2)20-19(24(31)33-6)21(26-16(4)25-20)23(30)27-11-12-28(15(3)13-27)22(29)17-9-7-8-10-18(17)32-5/h7-10,14-15H,11-13H2,1-6H3. The highest BCUT2D eigenvalue weighted by molar-refractivity contribution is 6.05. The van der Waals surface area contributed by atoms with Crippen LogP contribution in [0.5, 0.6) is 5.75 Å². The van der Waals surface area contributed by atoms with E-state index in [1.54, 1.807) is 34.9 Å². The Bertz CT molecular complexity index is 1070. The Morgan fingerprint density at radius 2 is 1.76 bits per heavy atom. The Hall–Kier alpha value is -3.49. The first-order valence-electron chi connectivity index (χ1n) is 10.9. The van der Waals surface area contributed by atoms with E-state index >= 15 is 0 Å². The van der Waals surface area contributed by atoms with Gasteiger partial charge in [-0.05, 0) is 31.9 Å². The summed E-state index contributed by atoms with van der Waals surface area (Å²) >= 11 is 0. The van der Waals surface area contributed by atoms with Crippen LogP contribution in [0.1, 0.15) is 69.4 Å². The van der Waals surface area contributed by atoms with Crippen molar-refractivity contribution in [3.63, 3.8) is 0 Å². The number of carbonyl (C=O) groups is 3. The molecule has 0 radical (unpaired) electrons. The molecule has 2 heterocycles. The minimum Gasteiger partial charge on any atom is -0.496 e. The molecular formula is C24H30N4O5. The molecule has 9 heteroatoms. The maximum atomic E-state index is 13.5. The molecule has 33 heavy (non-hydrogen) atoms. The molecule has 0 aliphatic carbocycles. The number of nitrogens with zero attached hydrogens (tertiary/aromatic N) is 4. The van der Waals surface area contributed by atoms with Crippen LogP contribution in [-0.2, 0) is 4.74 Å². The number of hydrogen-bond donors (Lipinski definition) is 0. The van der Waals surface area contributed by atoms with E-state index in [2.05, 4.69) is 9.97 Å². The third-order valence-corrected chi connectivity index (χ3v) is 5.70. The summed E-state index contributed by atoms with van der Waals surface area (Å²) in [6.07, 6.45) is 0. The first kappa shape index (κ1) is 24.2. The average Bonchev–Trinajstić information content (AvgIpc) is 2.81. The fourth-order valence-corrected chi connectivity index (χ4v) is 4.04. The minimum atomic E-state index is -0.639. The molecule has 0 spiro atoms. The van der Waals surface area contributed by atoms with Gasteiger partial charge in [0.2, 0.25) is 0 Å². The quantitative estimate of drug-likeness (QED) is 0.640. The van der Waals surface area contributed by atoms with Crippen LogP contribution in [0.3, 0.4) is 0 Å². The molecule has 1 unspecified atom stereocenters. The van der Waals surface area contributed by atoms with Gasteiger partial charge in [0, 0.05) is 25.7 Å². The number of amides is 2. The van der Waals surface area contributed by atoms with Gasteiger partial charge >= 0.3 is 5.97 Å². The molecule has 1 aliphatic rings. The molecule has 0 N–H and O–H groups in total. The Morgan fingerprint density at radius 3 is 2.36 bits per heavy atom. The Labute approximate surface area is 193 Å². The lowest BCUT2D eigenvalue weighted by atomic mass is 10.0. The summed E-state index contributed by atoms with van der Waals surface area (Å²) in [5.41, 5.74) is 1.10. The number of esters is 1. The summed E-state index contributed by atoms with van der Waals surface area (Å²) < 4.78 is 10.3. The van der Waals surface area contributed by atoms with E-state index in [1.807, 2.05) is 26.8 Å². The Morgan fingerprint density at radius 1 is 1.06 bits per heavy atom. The van der Waals surface area contributed by atoms with Crippen molar-refractivity contribution in [1.82, 2.24) is 19.8 Å². The van der Waals surface area contributed by atoms with Crippen LogP contribution in [0.4, 0.5) is 0 Å². The van der Waals surface area contributed by atoms with Gasteiger partial charge in [0.05, 0.1) is 25.5 Å². The molecule has 2 amide bonds. The average molecular weight is 455 g/mol. The van der Waals surface area contributed by atoms with Crippen molar-refractivity contribution in [3.05, 3.63) is 52.6 Å². The van der Waals surface area contributed by atoms with E-state index in [0.29, 0.717) is 42.5 Å². The van der Waals surface area contributed by atoms with E-state index in [1.165, 1.54) is 14.2 Å². The third kappa shape index (κ3) is 4.81. The molecule has 1 aromatic carbocycles. The summed E-state index contributed by atoms with van der Waals surface area (Å²) in [6.45, 7) is 8.33. The van der Waals surface area contributed by atoms with Crippen molar-refractivity contribution < 1.29 is 23.9 Å². The van der Waals surface area contributed by atoms with Crippen LogP contribution < -0.4 is 4.74 Å². The van der Waals surface area contributed by atoms with Crippen LogP contribution in [-0.4, -0.2) is 77.4 Å². The van der Waals surface area contributed by atoms with Gasteiger partial charge in [0.25, 0.3) is 11.8 Å². The van der Waals surface area contributed by atoms with Gasteiger partial charge in [-0.2, -0.15) is 0 Å². The molecule has 9 nitrogen and oxygen atoms in total. The van der Waals surface area contributed by atoms with Crippen molar-refractivity contribution in [2.75, 3.05) is 33.9 Å². The molecular weight excluding hydrogens is 424 g/mol. The molecule has 2 aromatic rings. The van der Waals surface area contributed by atoms with Crippen molar-refractivity contribution in [2.24, 2.45) is 0 Å². The van der Waals surface area contributed by atoms with Crippen LogP contribution in [0.15, 0.2) is 24.3 Å². The second-order valence-electron chi connectivity index (χ2n) is 8.32. The molecule has 0 bridgehead atoms. The number of benzene rings is 1. The summed E-state index contributed by atoms with van der Waals surface area (Å²) in [7, 11) is 2.80. The number of aromatic nitrogens is 2. The first-order chi connectivity index (χ1) is 15.7. The van der Waals surface area contributed by atoms with Gasteiger partial charge in [-0.3, -0.25) is 9.59 Å². The highest BCUT2D eigenvalue weighted by atomic mass is 16.5. The summed E-state index contributed by atoms with van der Waals surface area (Å²) in [4.78, 5) is 51.2. The van der Waals surface area contributed by atoms with E-state index < -0.39 is 5.97 Å². The molecule has 176 valence electrons. The lowest BCUT2D eigenvalue weighted by Gasteiger charge is -2.40. The maximum Gasteiger partial charge on any atom is 0.342 e. The number of methoxy groups -OCH3 is 2. The van der Waals surface area contributed by atoms with E-state index in [9.17, 15) is 14.4 Å². The predicted octanol–water partition coefficient (Wildman–Crippen LogP) is 2.69. The largest absolute Gasteiger partial charge is 0.496 e. The highest BCUT2D eigenvalue weighted by Crippen LogP contribution is 2.25. The molecule has 3 rings (SSSR count). The number of carbonyl (C=O) groups excluding carboxylic acids is 3. The predicted molar refractivity (Wildman–Crippen MR) is 122 cm³/mol. The van der Waals surface area contributed by atoms with Gasteiger partial charge < -0.3 is 19.3 Å². The van der Waals surface area contributed by atoms with Crippen LogP contribution >= 0.6 is 0 Å². The topological polar surface area (TPSA) is 102 Å². The van der Waals surface area contributed by atoms with Gasteiger partial charge in [-0.1, -0.05) is 26.0 Å². The van der Waals surface area contributed by atoms with Gasteiger partial charge in [-0.25, -0.2) is 14.8 Å².